The van der Waals surface area contributed by atoms with Crippen LogP contribution in [-0.4, -0.2) is 9.91 Å². The minimum atomic E-state index is -0.400. The number of nitro groups is 1. The smallest absolute Gasteiger partial charge is 0.258 e. The van der Waals surface area contributed by atoms with Crippen molar-refractivity contribution in [2.24, 2.45) is 0 Å². The summed E-state index contributed by atoms with van der Waals surface area (Å²) in [6.45, 7) is 3.75. The van der Waals surface area contributed by atoms with Gasteiger partial charge in [-0.1, -0.05) is 13.8 Å². The Morgan fingerprint density at radius 3 is 2.92 bits per heavy atom. The lowest BCUT2D eigenvalue weighted by Crippen LogP contribution is -2.01. The third-order valence-electron chi connectivity index (χ3n) is 1.94. The molecule has 0 bridgehead atoms. The first-order valence-electron chi connectivity index (χ1n) is 4.05. The molecule has 4 heteroatoms. The van der Waals surface area contributed by atoms with Gasteiger partial charge in [-0.25, -0.2) is 0 Å². The summed E-state index contributed by atoms with van der Waals surface area (Å²) in [7, 11) is 0. The summed E-state index contributed by atoms with van der Waals surface area (Å²) in [5.41, 5.74) is 0.614. The third kappa shape index (κ3) is 2.02. The standard InChI is InChI=1S/C9H11N2O2/c1-3-7(2)9-8(11(12)13)5-4-6-10-9/h3-7H,1-2H3. The van der Waals surface area contributed by atoms with E-state index in [9.17, 15) is 10.1 Å². The molecule has 0 amide bonds. The predicted molar refractivity (Wildman–Crippen MR) is 49.3 cm³/mol. The summed E-state index contributed by atoms with van der Waals surface area (Å²) in [4.78, 5) is 14.2. The van der Waals surface area contributed by atoms with Gasteiger partial charge in [-0.05, 0) is 12.5 Å². The van der Waals surface area contributed by atoms with E-state index in [4.69, 9.17) is 0 Å². The Bertz CT molecular complexity index is 312. The minimum Gasteiger partial charge on any atom is -0.258 e. The first-order chi connectivity index (χ1) is 6.16. The van der Waals surface area contributed by atoms with Gasteiger partial charge in [0.05, 0.1) is 4.92 Å². The molecule has 0 aliphatic carbocycles. The molecule has 69 valence electrons. The second-order valence-electron chi connectivity index (χ2n) is 2.79. The van der Waals surface area contributed by atoms with Crippen molar-refractivity contribution in [3.63, 3.8) is 0 Å². The van der Waals surface area contributed by atoms with Crippen LogP contribution >= 0.6 is 0 Å². The van der Waals surface area contributed by atoms with E-state index in [1.165, 1.54) is 6.07 Å². The van der Waals surface area contributed by atoms with Crippen molar-refractivity contribution in [3.8, 4) is 0 Å². The van der Waals surface area contributed by atoms with Gasteiger partial charge in [-0.3, -0.25) is 15.1 Å². The van der Waals surface area contributed by atoms with Crippen LogP contribution in [0.4, 0.5) is 5.69 Å². The van der Waals surface area contributed by atoms with Crippen LogP contribution in [0, 0.1) is 16.5 Å². The Kier molecular flexibility index (Phi) is 2.95. The SMILES string of the molecule is C[CH]C(C)c1ncccc1[N+](=O)[O-]. The van der Waals surface area contributed by atoms with Gasteiger partial charge in [0.15, 0.2) is 0 Å². The maximum absolute atomic E-state index is 10.6. The van der Waals surface area contributed by atoms with Gasteiger partial charge in [-0.2, -0.15) is 0 Å². The predicted octanol–water partition coefficient (Wildman–Crippen LogP) is 2.32. The Hall–Kier alpha value is -1.45. The van der Waals surface area contributed by atoms with Crippen LogP contribution in [0.3, 0.4) is 0 Å². The molecule has 13 heavy (non-hydrogen) atoms. The van der Waals surface area contributed by atoms with E-state index in [1.807, 2.05) is 20.3 Å². The van der Waals surface area contributed by atoms with Gasteiger partial charge in [0.2, 0.25) is 0 Å². The lowest BCUT2D eigenvalue weighted by Gasteiger charge is -2.06. The molecule has 1 radical (unpaired) electrons. The second kappa shape index (κ2) is 3.98. The highest BCUT2D eigenvalue weighted by atomic mass is 16.6. The van der Waals surface area contributed by atoms with Gasteiger partial charge in [0.1, 0.15) is 5.69 Å². The van der Waals surface area contributed by atoms with E-state index in [0.717, 1.165) is 0 Å². The number of hydrogen-bond donors (Lipinski definition) is 0. The first kappa shape index (κ1) is 9.64. The molecule has 1 rings (SSSR count). The first-order valence-corrected chi connectivity index (χ1v) is 4.05. The minimum absolute atomic E-state index is 0.0154. The largest absolute Gasteiger partial charge is 0.291 e. The summed E-state index contributed by atoms with van der Waals surface area (Å²) < 4.78 is 0. The van der Waals surface area contributed by atoms with Crippen molar-refractivity contribution < 1.29 is 4.92 Å². The highest BCUT2D eigenvalue weighted by molar-refractivity contribution is 5.37. The Labute approximate surface area is 76.8 Å². The van der Waals surface area contributed by atoms with Crippen LogP contribution in [0.2, 0.25) is 0 Å². The highest BCUT2D eigenvalue weighted by Crippen LogP contribution is 2.24. The summed E-state index contributed by atoms with van der Waals surface area (Å²) >= 11 is 0. The fourth-order valence-electron chi connectivity index (χ4n) is 1.07. The van der Waals surface area contributed by atoms with E-state index >= 15 is 0 Å². The number of hydrogen-bond acceptors (Lipinski definition) is 3. The molecule has 0 saturated heterocycles. The topological polar surface area (TPSA) is 56.0 Å². The van der Waals surface area contributed by atoms with Gasteiger partial charge in [0.25, 0.3) is 5.69 Å². The lowest BCUT2D eigenvalue weighted by molar-refractivity contribution is -0.386. The van der Waals surface area contributed by atoms with Crippen molar-refractivity contribution in [3.05, 3.63) is 40.6 Å². The number of aromatic nitrogens is 1. The quantitative estimate of drug-likeness (QED) is 0.528. The Morgan fingerprint density at radius 1 is 1.69 bits per heavy atom. The molecule has 0 spiro atoms. The molecule has 0 aromatic carbocycles. The highest BCUT2D eigenvalue weighted by Gasteiger charge is 2.18. The zero-order valence-electron chi connectivity index (χ0n) is 7.60. The molecule has 4 nitrogen and oxygen atoms in total. The molecular formula is C9H11N2O2. The lowest BCUT2D eigenvalue weighted by atomic mass is 10.0. The summed E-state index contributed by atoms with van der Waals surface area (Å²) in [5, 5.41) is 10.6. The number of pyridine rings is 1. The molecule has 1 aromatic heterocycles. The van der Waals surface area contributed by atoms with Crippen LogP contribution in [0.1, 0.15) is 25.5 Å². The number of nitrogens with zero attached hydrogens (tertiary/aromatic N) is 2. The molecule has 0 saturated carbocycles. The fraction of sp³-hybridized carbons (Fsp3) is 0.333. The maximum Gasteiger partial charge on any atom is 0.291 e. The molecule has 1 aromatic rings. The molecule has 1 atom stereocenters. The monoisotopic (exact) mass is 179 g/mol. The van der Waals surface area contributed by atoms with Gasteiger partial charge in [-0.15, -0.1) is 0 Å². The second-order valence-corrected chi connectivity index (χ2v) is 2.79. The van der Waals surface area contributed by atoms with Crippen LogP contribution < -0.4 is 0 Å². The van der Waals surface area contributed by atoms with Crippen molar-refractivity contribution in [1.82, 2.24) is 4.98 Å². The van der Waals surface area contributed by atoms with E-state index in [1.54, 1.807) is 12.3 Å². The normalized spacial score (nSPS) is 12.5. The van der Waals surface area contributed by atoms with E-state index < -0.39 is 4.92 Å². The van der Waals surface area contributed by atoms with Crippen LogP contribution in [0.15, 0.2) is 18.3 Å². The molecule has 0 aliphatic heterocycles. The zero-order chi connectivity index (χ0) is 9.84. The van der Waals surface area contributed by atoms with E-state index in [-0.39, 0.29) is 11.6 Å². The molecule has 1 heterocycles. The van der Waals surface area contributed by atoms with Gasteiger partial charge in [0, 0.05) is 18.2 Å². The van der Waals surface area contributed by atoms with E-state index in [0.29, 0.717) is 5.69 Å². The van der Waals surface area contributed by atoms with Crippen molar-refractivity contribution in [2.45, 2.75) is 19.8 Å². The van der Waals surface area contributed by atoms with Crippen LogP contribution in [0.5, 0.6) is 0 Å². The third-order valence-corrected chi connectivity index (χ3v) is 1.94. The maximum atomic E-state index is 10.6. The molecule has 0 fully saturated rings. The zero-order valence-corrected chi connectivity index (χ0v) is 7.60. The van der Waals surface area contributed by atoms with E-state index in [2.05, 4.69) is 4.98 Å². The number of rotatable bonds is 3. The Balaban J connectivity index is 3.11. The summed E-state index contributed by atoms with van der Waals surface area (Å²) in [5.74, 6) is 0.0154. The van der Waals surface area contributed by atoms with Crippen molar-refractivity contribution >= 4 is 5.69 Å². The average Bonchev–Trinajstić information content (AvgIpc) is 2.16. The summed E-state index contributed by atoms with van der Waals surface area (Å²) in [6, 6.07) is 3.05. The van der Waals surface area contributed by atoms with Crippen LogP contribution in [0.25, 0.3) is 0 Å². The van der Waals surface area contributed by atoms with Crippen LogP contribution in [-0.2, 0) is 0 Å². The van der Waals surface area contributed by atoms with Gasteiger partial charge < -0.3 is 0 Å². The molecule has 0 N–H and O–H groups in total. The van der Waals surface area contributed by atoms with Gasteiger partial charge >= 0.3 is 0 Å². The fourth-order valence-corrected chi connectivity index (χ4v) is 1.07. The summed E-state index contributed by atoms with van der Waals surface area (Å²) in [6.07, 6.45) is 3.46. The Morgan fingerprint density at radius 2 is 2.38 bits per heavy atom. The average molecular weight is 179 g/mol. The van der Waals surface area contributed by atoms with Crippen molar-refractivity contribution in [1.29, 1.82) is 0 Å². The van der Waals surface area contributed by atoms with Crippen molar-refractivity contribution in [2.75, 3.05) is 0 Å². The molecule has 1 unspecified atom stereocenters. The molecular weight excluding hydrogens is 168 g/mol. The molecule has 0 aliphatic rings.